The highest BCUT2D eigenvalue weighted by atomic mass is 16.6. The zero-order valence-corrected chi connectivity index (χ0v) is 40.4. The average Bonchev–Trinajstić information content (AvgIpc) is 3.26. The molecule has 0 amide bonds. The van der Waals surface area contributed by atoms with Crippen LogP contribution in [-0.4, -0.2) is 37.2 Å². The first-order valence-electron chi connectivity index (χ1n) is 26.2. The van der Waals surface area contributed by atoms with E-state index in [1.807, 2.05) is 0 Å². The molecule has 0 aromatic carbocycles. The molecule has 0 radical (unpaired) electrons. The average molecular weight is 855 g/mol. The molecule has 0 N–H and O–H groups in total. The molecule has 0 saturated heterocycles. The number of rotatable bonds is 47. The minimum Gasteiger partial charge on any atom is -0.462 e. The summed E-state index contributed by atoms with van der Waals surface area (Å²) < 4.78 is 16.8. The number of allylic oxidation sites excluding steroid dienone is 8. The molecule has 0 spiro atoms. The fraction of sp³-hybridized carbons (Fsp3) is 0.800. The van der Waals surface area contributed by atoms with Gasteiger partial charge in [-0.25, -0.2) is 0 Å². The van der Waals surface area contributed by atoms with Crippen LogP contribution in [0.4, 0.5) is 0 Å². The normalized spacial score (nSPS) is 12.4. The standard InChI is InChI=1S/C55H98O6/c1-4-7-10-13-16-19-22-25-26-27-28-29-31-33-36-39-42-45-48-54(57)60-51-52(50-59-53(56)47-44-41-38-35-32-24-21-18-15-12-9-6-3)61-55(58)49-46-43-40-37-34-30-23-20-17-14-11-8-5-2/h18,21,26-30,34,52H,4-17,19-20,22-25,31-33,35-51H2,1-3H3/b21-18-,27-26-,29-28-,34-30-. The van der Waals surface area contributed by atoms with Crippen molar-refractivity contribution < 1.29 is 28.6 Å². The van der Waals surface area contributed by atoms with Gasteiger partial charge >= 0.3 is 17.9 Å². The predicted molar refractivity (Wildman–Crippen MR) is 261 cm³/mol. The Morgan fingerprint density at radius 3 is 0.967 bits per heavy atom. The van der Waals surface area contributed by atoms with E-state index in [2.05, 4.69) is 69.4 Å². The highest BCUT2D eigenvalue weighted by Gasteiger charge is 2.19. The van der Waals surface area contributed by atoms with Gasteiger partial charge in [-0.15, -0.1) is 0 Å². The second-order valence-corrected chi connectivity index (χ2v) is 17.5. The molecule has 0 aliphatic carbocycles. The van der Waals surface area contributed by atoms with Crippen molar-refractivity contribution in [1.82, 2.24) is 0 Å². The van der Waals surface area contributed by atoms with E-state index < -0.39 is 6.10 Å². The lowest BCUT2D eigenvalue weighted by Crippen LogP contribution is -2.30. The van der Waals surface area contributed by atoms with Crippen LogP contribution in [0.3, 0.4) is 0 Å². The maximum absolute atomic E-state index is 12.8. The Kier molecular flexibility index (Phi) is 47.9. The quantitative estimate of drug-likeness (QED) is 0.0199. The van der Waals surface area contributed by atoms with E-state index in [0.717, 1.165) is 96.3 Å². The van der Waals surface area contributed by atoms with E-state index in [0.29, 0.717) is 19.3 Å². The van der Waals surface area contributed by atoms with Gasteiger partial charge in [-0.05, 0) is 96.3 Å². The Morgan fingerprint density at radius 1 is 0.328 bits per heavy atom. The van der Waals surface area contributed by atoms with Gasteiger partial charge in [-0.2, -0.15) is 0 Å². The third-order valence-electron chi connectivity index (χ3n) is 11.3. The molecule has 6 heteroatoms. The fourth-order valence-corrected chi connectivity index (χ4v) is 7.30. The van der Waals surface area contributed by atoms with Crippen LogP contribution in [0, 0.1) is 0 Å². The smallest absolute Gasteiger partial charge is 0.306 e. The largest absolute Gasteiger partial charge is 0.462 e. The van der Waals surface area contributed by atoms with E-state index in [9.17, 15) is 14.4 Å². The van der Waals surface area contributed by atoms with Crippen molar-refractivity contribution in [3.05, 3.63) is 48.6 Å². The fourth-order valence-electron chi connectivity index (χ4n) is 7.30. The first kappa shape index (κ1) is 58.4. The third-order valence-corrected chi connectivity index (χ3v) is 11.3. The summed E-state index contributed by atoms with van der Waals surface area (Å²) in [6.07, 6.45) is 59.5. The van der Waals surface area contributed by atoms with Crippen LogP contribution >= 0.6 is 0 Å². The molecule has 0 aromatic heterocycles. The van der Waals surface area contributed by atoms with E-state index in [1.165, 1.54) is 128 Å². The summed E-state index contributed by atoms with van der Waals surface area (Å²) in [5, 5.41) is 0. The van der Waals surface area contributed by atoms with Gasteiger partial charge in [0.05, 0.1) is 0 Å². The van der Waals surface area contributed by atoms with Crippen molar-refractivity contribution in [3.8, 4) is 0 Å². The van der Waals surface area contributed by atoms with Crippen molar-refractivity contribution in [1.29, 1.82) is 0 Å². The second-order valence-electron chi connectivity index (χ2n) is 17.5. The molecule has 0 bridgehead atoms. The van der Waals surface area contributed by atoms with E-state index in [-0.39, 0.29) is 31.1 Å². The molecule has 61 heavy (non-hydrogen) atoms. The van der Waals surface area contributed by atoms with Gasteiger partial charge in [0.1, 0.15) is 13.2 Å². The molecule has 1 unspecified atom stereocenters. The Labute approximate surface area is 378 Å². The van der Waals surface area contributed by atoms with Crippen molar-refractivity contribution in [3.63, 3.8) is 0 Å². The van der Waals surface area contributed by atoms with E-state index in [1.54, 1.807) is 0 Å². The van der Waals surface area contributed by atoms with Crippen molar-refractivity contribution in [2.75, 3.05) is 13.2 Å². The summed E-state index contributed by atoms with van der Waals surface area (Å²) in [6.45, 7) is 6.58. The summed E-state index contributed by atoms with van der Waals surface area (Å²) in [5.41, 5.74) is 0. The van der Waals surface area contributed by atoms with E-state index >= 15 is 0 Å². The molecular formula is C55H98O6. The molecular weight excluding hydrogens is 757 g/mol. The highest BCUT2D eigenvalue weighted by molar-refractivity contribution is 5.71. The minimum atomic E-state index is -0.788. The molecule has 0 aromatic rings. The summed E-state index contributed by atoms with van der Waals surface area (Å²) >= 11 is 0. The molecule has 0 aliphatic heterocycles. The Hall–Kier alpha value is -2.63. The molecule has 6 nitrogen and oxygen atoms in total. The molecule has 0 heterocycles. The molecule has 354 valence electrons. The van der Waals surface area contributed by atoms with Crippen LogP contribution in [0.1, 0.15) is 265 Å². The minimum absolute atomic E-state index is 0.0880. The van der Waals surface area contributed by atoms with Gasteiger partial charge in [0, 0.05) is 19.3 Å². The van der Waals surface area contributed by atoms with E-state index in [4.69, 9.17) is 14.2 Å². The van der Waals surface area contributed by atoms with Crippen molar-refractivity contribution >= 4 is 17.9 Å². The summed E-state index contributed by atoms with van der Waals surface area (Å²) in [4.78, 5) is 37.9. The van der Waals surface area contributed by atoms with Gasteiger partial charge in [0.25, 0.3) is 0 Å². The number of carbonyl (C=O) groups excluding carboxylic acids is 3. The lowest BCUT2D eigenvalue weighted by Gasteiger charge is -2.18. The first-order valence-corrected chi connectivity index (χ1v) is 26.2. The SMILES string of the molecule is CCCCC/C=C\CCCCCCCC(=O)OCC(COC(=O)CCCCCCC/C=C\C=C/CCCCCCCCC)OC(=O)CCCCC/C=C\CCCCCCCC. The zero-order valence-electron chi connectivity index (χ0n) is 40.4. The summed E-state index contributed by atoms with van der Waals surface area (Å²) in [6, 6.07) is 0. The lowest BCUT2D eigenvalue weighted by atomic mass is 10.1. The monoisotopic (exact) mass is 855 g/mol. The van der Waals surface area contributed by atoms with Crippen LogP contribution in [0.25, 0.3) is 0 Å². The number of carbonyl (C=O) groups is 3. The van der Waals surface area contributed by atoms with Crippen LogP contribution in [0.2, 0.25) is 0 Å². The highest BCUT2D eigenvalue weighted by Crippen LogP contribution is 2.14. The van der Waals surface area contributed by atoms with Crippen molar-refractivity contribution in [2.24, 2.45) is 0 Å². The van der Waals surface area contributed by atoms with Gasteiger partial charge in [-0.3, -0.25) is 14.4 Å². The Bertz CT molecular complexity index is 1070. The third kappa shape index (κ3) is 48.3. The Balaban J connectivity index is 4.40. The lowest BCUT2D eigenvalue weighted by molar-refractivity contribution is -0.167. The topological polar surface area (TPSA) is 78.9 Å². The first-order chi connectivity index (χ1) is 30.0. The van der Waals surface area contributed by atoms with Crippen LogP contribution in [-0.2, 0) is 28.6 Å². The molecule has 0 fully saturated rings. The van der Waals surface area contributed by atoms with Crippen LogP contribution in [0.15, 0.2) is 48.6 Å². The molecule has 0 saturated carbocycles. The van der Waals surface area contributed by atoms with Crippen molar-refractivity contribution in [2.45, 2.75) is 271 Å². The van der Waals surface area contributed by atoms with Gasteiger partial charge in [-0.1, -0.05) is 198 Å². The van der Waals surface area contributed by atoms with Gasteiger partial charge < -0.3 is 14.2 Å². The molecule has 0 aliphatic rings. The van der Waals surface area contributed by atoms with Gasteiger partial charge in [0.2, 0.25) is 0 Å². The second kappa shape index (κ2) is 50.0. The number of esters is 3. The maximum Gasteiger partial charge on any atom is 0.306 e. The molecule has 0 rings (SSSR count). The van der Waals surface area contributed by atoms with Gasteiger partial charge in [0.15, 0.2) is 6.10 Å². The number of hydrogen-bond acceptors (Lipinski definition) is 6. The zero-order chi connectivity index (χ0) is 44.4. The Morgan fingerprint density at radius 2 is 0.590 bits per heavy atom. The maximum atomic E-state index is 12.8. The summed E-state index contributed by atoms with van der Waals surface area (Å²) in [7, 11) is 0. The number of unbranched alkanes of at least 4 members (excludes halogenated alkanes) is 29. The number of ether oxygens (including phenoxy) is 3. The van der Waals surface area contributed by atoms with Crippen LogP contribution in [0.5, 0.6) is 0 Å². The summed E-state index contributed by atoms with van der Waals surface area (Å²) in [5.74, 6) is -0.923. The molecule has 1 atom stereocenters. The van der Waals surface area contributed by atoms with Crippen LogP contribution < -0.4 is 0 Å². The number of hydrogen-bond donors (Lipinski definition) is 0. The predicted octanol–water partition coefficient (Wildman–Crippen LogP) is 17.1.